The number of benzene rings is 1. The molecule has 0 aliphatic carbocycles. The van der Waals surface area contributed by atoms with E-state index in [0.717, 1.165) is 0 Å². The lowest BCUT2D eigenvalue weighted by Gasteiger charge is -2.27. The molecule has 1 rings (SSSR count). The van der Waals surface area contributed by atoms with Crippen LogP contribution in [0.4, 0.5) is 0 Å². The first-order valence-corrected chi connectivity index (χ1v) is 6.19. The first-order valence-electron chi connectivity index (χ1n) is 6.19. The van der Waals surface area contributed by atoms with E-state index in [4.69, 9.17) is 5.11 Å². The number of hydrogen-bond acceptors (Lipinski definition) is 3. The summed E-state index contributed by atoms with van der Waals surface area (Å²) in [4.78, 5) is 14.1. The zero-order valence-corrected chi connectivity index (χ0v) is 11.2. The van der Waals surface area contributed by atoms with E-state index in [1.165, 1.54) is 0 Å². The predicted octanol–water partition coefficient (Wildman–Crippen LogP) is 1.93. The number of amides is 1. The first kappa shape index (κ1) is 14.5. The van der Waals surface area contributed by atoms with Gasteiger partial charge in [-0.1, -0.05) is 6.07 Å². The number of phenols is 1. The molecule has 4 heteroatoms. The van der Waals surface area contributed by atoms with E-state index in [1.807, 2.05) is 13.8 Å². The van der Waals surface area contributed by atoms with Crippen molar-refractivity contribution in [2.24, 2.45) is 0 Å². The highest BCUT2D eigenvalue weighted by molar-refractivity contribution is 5.96. The van der Waals surface area contributed by atoms with Crippen molar-refractivity contribution < 1.29 is 15.0 Å². The molecule has 1 amide bonds. The lowest BCUT2D eigenvalue weighted by molar-refractivity contribution is 0.0692. The number of aromatic hydroxyl groups is 1. The molecule has 0 bridgehead atoms. The van der Waals surface area contributed by atoms with Crippen LogP contribution in [0.3, 0.4) is 0 Å². The molecule has 1 aromatic rings. The molecule has 0 saturated heterocycles. The van der Waals surface area contributed by atoms with Gasteiger partial charge in [0.2, 0.25) is 0 Å². The van der Waals surface area contributed by atoms with Crippen molar-refractivity contribution in [3.05, 3.63) is 29.3 Å². The summed E-state index contributed by atoms with van der Waals surface area (Å²) in [5.74, 6) is 0.0264. The highest BCUT2D eigenvalue weighted by Gasteiger charge is 2.20. The Morgan fingerprint density at radius 3 is 2.61 bits per heavy atom. The summed E-state index contributed by atoms with van der Waals surface area (Å²) >= 11 is 0. The molecule has 2 N–H and O–H groups in total. The van der Waals surface area contributed by atoms with E-state index in [0.29, 0.717) is 24.1 Å². The van der Waals surface area contributed by atoms with Crippen LogP contribution < -0.4 is 0 Å². The van der Waals surface area contributed by atoms with Gasteiger partial charge in [0.15, 0.2) is 0 Å². The van der Waals surface area contributed by atoms with Gasteiger partial charge in [0.1, 0.15) is 5.75 Å². The summed E-state index contributed by atoms with van der Waals surface area (Å²) in [5, 5.41) is 18.5. The van der Waals surface area contributed by atoms with E-state index < -0.39 is 0 Å². The molecule has 0 spiro atoms. The highest BCUT2D eigenvalue weighted by Crippen LogP contribution is 2.21. The van der Waals surface area contributed by atoms with E-state index >= 15 is 0 Å². The Morgan fingerprint density at radius 2 is 2.06 bits per heavy atom. The molecule has 0 heterocycles. The summed E-state index contributed by atoms with van der Waals surface area (Å²) in [6.45, 7) is 6.19. The van der Waals surface area contributed by atoms with Crippen molar-refractivity contribution in [2.75, 3.05) is 13.2 Å². The number of phenolic OH excluding ortho intramolecular Hbond substituents is 1. The number of aliphatic hydroxyl groups excluding tert-OH is 1. The second-order valence-corrected chi connectivity index (χ2v) is 4.62. The number of nitrogens with zero attached hydrogens (tertiary/aromatic N) is 1. The molecule has 1 aromatic carbocycles. The Labute approximate surface area is 108 Å². The molecule has 4 nitrogen and oxygen atoms in total. The molecule has 0 saturated carbocycles. The Bertz CT molecular complexity index is 416. The summed E-state index contributed by atoms with van der Waals surface area (Å²) in [7, 11) is 0. The minimum atomic E-state index is -0.105. The van der Waals surface area contributed by atoms with Gasteiger partial charge >= 0.3 is 0 Å². The van der Waals surface area contributed by atoms with Crippen molar-refractivity contribution in [3.63, 3.8) is 0 Å². The fourth-order valence-electron chi connectivity index (χ4n) is 1.85. The van der Waals surface area contributed by atoms with Crippen LogP contribution in [0.25, 0.3) is 0 Å². The van der Waals surface area contributed by atoms with Crippen molar-refractivity contribution in [2.45, 2.75) is 33.2 Å². The van der Waals surface area contributed by atoms with Crippen molar-refractivity contribution in [3.8, 4) is 5.75 Å². The maximum Gasteiger partial charge on any atom is 0.254 e. The zero-order chi connectivity index (χ0) is 13.7. The van der Waals surface area contributed by atoms with Crippen molar-refractivity contribution in [1.82, 2.24) is 4.90 Å². The molecule has 18 heavy (non-hydrogen) atoms. The van der Waals surface area contributed by atoms with E-state index in [2.05, 4.69) is 0 Å². The second kappa shape index (κ2) is 6.40. The fourth-order valence-corrected chi connectivity index (χ4v) is 1.85. The third kappa shape index (κ3) is 3.23. The first-order chi connectivity index (χ1) is 8.49. The molecule has 100 valence electrons. The summed E-state index contributed by atoms with van der Waals surface area (Å²) in [6.07, 6.45) is 0.557. The monoisotopic (exact) mass is 251 g/mol. The van der Waals surface area contributed by atoms with Gasteiger partial charge < -0.3 is 15.1 Å². The topological polar surface area (TPSA) is 60.8 Å². The van der Waals surface area contributed by atoms with Crippen LogP contribution in [-0.4, -0.2) is 40.2 Å². The van der Waals surface area contributed by atoms with Gasteiger partial charge in [0.25, 0.3) is 5.91 Å². The number of aliphatic hydroxyl groups is 1. The van der Waals surface area contributed by atoms with E-state index in [9.17, 15) is 9.90 Å². The molecule has 0 aromatic heterocycles. The summed E-state index contributed by atoms with van der Waals surface area (Å²) in [5.41, 5.74) is 1.11. The highest BCUT2D eigenvalue weighted by atomic mass is 16.3. The molecule has 0 unspecified atom stereocenters. The fraction of sp³-hybridized carbons (Fsp3) is 0.500. The Kier molecular flexibility index (Phi) is 5.16. The zero-order valence-electron chi connectivity index (χ0n) is 11.2. The van der Waals surface area contributed by atoms with Gasteiger partial charge in [-0.3, -0.25) is 4.79 Å². The Balaban J connectivity index is 2.98. The van der Waals surface area contributed by atoms with Crippen LogP contribution in [0.15, 0.2) is 18.2 Å². The van der Waals surface area contributed by atoms with Crippen LogP contribution in [0.1, 0.15) is 36.2 Å². The summed E-state index contributed by atoms with van der Waals surface area (Å²) < 4.78 is 0. The standard InChI is InChI=1S/C14H21NO3/c1-10(2)15(8-5-9-16)14(18)12-6-4-7-13(17)11(12)3/h4,6-7,10,16-17H,5,8-9H2,1-3H3. The van der Waals surface area contributed by atoms with Gasteiger partial charge in [-0.2, -0.15) is 0 Å². The van der Waals surface area contributed by atoms with Crippen LogP contribution in [0, 0.1) is 6.92 Å². The quantitative estimate of drug-likeness (QED) is 0.840. The van der Waals surface area contributed by atoms with Crippen LogP contribution >= 0.6 is 0 Å². The van der Waals surface area contributed by atoms with Crippen LogP contribution in [0.2, 0.25) is 0 Å². The van der Waals surface area contributed by atoms with Crippen molar-refractivity contribution >= 4 is 5.91 Å². The average molecular weight is 251 g/mol. The normalized spacial score (nSPS) is 10.7. The van der Waals surface area contributed by atoms with Gasteiger partial charge in [-0.05, 0) is 39.3 Å². The van der Waals surface area contributed by atoms with Crippen LogP contribution in [0.5, 0.6) is 5.75 Å². The van der Waals surface area contributed by atoms with Gasteiger partial charge in [0.05, 0.1) is 0 Å². The molecule has 0 radical (unpaired) electrons. The third-order valence-corrected chi connectivity index (χ3v) is 2.98. The van der Waals surface area contributed by atoms with Crippen molar-refractivity contribution in [1.29, 1.82) is 0 Å². The molecule has 0 aliphatic rings. The molecular formula is C14H21NO3. The maximum atomic E-state index is 12.4. The molecule has 0 aliphatic heterocycles. The average Bonchev–Trinajstić information content (AvgIpc) is 2.32. The molecule has 0 atom stereocenters. The van der Waals surface area contributed by atoms with E-state index in [1.54, 1.807) is 30.0 Å². The smallest absolute Gasteiger partial charge is 0.254 e. The number of hydrogen-bond donors (Lipinski definition) is 2. The lowest BCUT2D eigenvalue weighted by Crippen LogP contribution is -2.38. The maximum absolute atomic E-state index is 12.4. The van der Waals surface area contributed by atoms with Crippen LogP contribution in [-0.2, 0) is 0 Å². The Morgan fingerprint density at radius 1 is 1.39 bits per heavy atom. The third-order valence-electron chi connectivity index (χ3n) is 2.98. The van der Waals surface area contributed by atoms with Gasteiger partial charge in [-0.15, -0.1) is 0 Å². The number of rotatable bonds is 5. The lowest BCUT2D eigenvalue weighted by atomic mass is 10.1. The van der Waals surface area contributed by atoms with Gasteiger partial charge in [0, 0.05) is 30.3 Å². The molecule has 0 fully saturated rings. The minimum absolute atomic E-state index is 0.0609. The number of carbonyl (C=O) groups excluding carboxylic acids is 1. The largest absolute Gasteiger partial charge is 0.508 e. The van der Waals surface area contributed by atoms with Gasteiger partial charge in [-0.25, -0.2) is 0 Å². The number of carbonyl (C=O) groups is 1. The minimum Gasteiger partial charge on any atom is -0.508 e. The Hall–Kier alpha value is -1.55. The predicted molar refractivity (Wildman–Crippen MR) is 70.7 cm³/mol. The second-order valence-electron chi connectivity index (χ2n) is 4.62. The SMILES string of the molecule is Cc1c(O)cccc1C(=O)N(CCCO)C(C)C. The summed E-state index contributed by atoms with van der Waals surface area (Å²) in [6, 6.07) is 5.01. The molecular weight excluding hydrogens is 230 g/mol. The van der Waals surface area contributed by atoms with E-state index in [-0.39, 0.29) is 24.3 Å².